The quantitative estimate of drug-likeness (QED) is 0.428. The Morgan fingerprint density at radius 2 is 1.88 bits per heavy atom. The van der Waals surface area contributed by atoms with Crippen molar-refractivity contribution in [3.05, 3.63) is 0 Å². The molecule has 2 unspecified atom stereocenters. The second kappa shape index (κ2) is 5.62. The van der Waals surface area contributed by atoms with E-state index in [1.165, 1.54) is 0 Å². The Morgan fingerprint density at radius 3 is 2.35 bits per heavy atom. The zero-order valence-corrected chi connectivity index (χ0v) is 9.73. The van der Waals surface area contributed by atoms with E-state index >= 15 is 0 Å². The van der Waals surface area contributed by atoms with Crippen LogP contribution in [0.25, 0.3) is 0 Å². The van der Waals surface area contributed by atoms with E-state index in [0.29, 0.717) is 0 Å². The predicted molar refractivity (Wildman–Crippen MR) is 60.6 cm³/mol. The number of nitrogens with one attached hydrogen (secondary N) is 2. The van der Waals surface area contributed by atoms with Crippen molar-refractivity contribution in [2.75, 3.05) is 0 Å². The number of amides is 3. The van der Waals surface area contributed by atoms with Crippen molar-refractivity contribution in [1.29, 1.82) is 0 Å². The van der Waals surface area contributed by atoms with Crippen molar-refractivity contribution in [3.8, 4) is 0 Å². The summed E-state index contributed by atoms with van der Waals surface area (Å²) in [6.45, 7) is 1.56. The van der Waals surface area contributed by atoms with Gasteiger partial charge in [0, 0.05) is 6.04 Å². The van der Waals surface area contributed by atoms with E-state index < -0.39 is 23.9 Å². The maximum absolute atomic E-state index is 11.5. The Kier molecular flexibility index (Phi) is 4.45. The van der Waals surface area contributed by atoms with E-state index in [2.05, 4.69) is 10.6 Å². The second-order valence-corrected chi connectivity index (χ2v) is 4.29. The largest absolute Gasteiger partial charge is 0.370 e. The molecule has 0 aromatic heterocycles. The molecular weight excluding hydrogens is 224 g/mol. The zero-order chi connectivity index (χ0) is 13.0. The highest BCUT2D eigenvalue weighted by Gasteiger charge is 2.27. The summed E-state index contributed by atoms with van der Waals surface area (Å²) in [5.74, 6) is -1.45. The first kappa shape index (κ1) is 13.4. The van der Waals surface area contributed by atoms with Gasteiger partial charge in [0.2, 0.25) is 17.7 Å². The van der Waals surface area contributed by atoms with E-state index in [-0.39, 0.29) is 18.4 Å². The molecule has 7 heteroatoms. The normalized spacial score (nSPS) is 18.0. The Hall–Kier alpha value is -1.63. The first-order valence-corrected chi connectivity index (χ1v) is 5.54. The smallest absolute Gasteiger partial charge is 0.242 e. The van der Waals surface area contributed by atoms with Crippen LogP contribution in [-0.2, 0) is 14.4 Å². The third kappa shape index (κ3) is 4.81. The van der Waals surface area contributed by atoms with Gasteiger partial charge in [0.15, 0.2) is 0 Å². The van der Waals surface area contributed by atoms with Gasteiger partial charge in [0.25, 0.3) is 0 Å². The molecule has 0 spiro atoms. The summed E-state index contributed by atoms with van der Waals surface area (Å²) >= 11 is 0. The molecule has 2 atom stereocenters. The average molecular weight is 242 g/mol. The predicted octanol–water partition coefficient (Wildman–Crippen LogP) is -2.03. The molecule has 0 aliphatic heterocycles. The Bertz CT molecular complexity index is 328. The van der Waals surface area contributed by atoms with Crippen molar-refractivity contribution in [3.63, 3.8) is 0 Å². The molecule has 6 N–H and O–H groups in total. The highest BCUT2D eigenvalue weighted by Crippen LogP contribution is 2.18. The lowest BCUT2D eigenvalue weighted by atomic mass is 10.2. The third-order valence-electron chi connectivity index (χ3n) is 2.43. The van der Waals surface area contributed by atoms with Gasteiger partial charge in [0.05, 0.1) is 12.5 Å². The molecule has 3 amide bonds. The highest BCUT2D eigenvalue weighted by atomic mass is 16.2. The minimum atomic E-state index is -1.01. The molecular formula is C10H18N4O3. The standard InChI is InChI=1S/C10H18N4O3/c1-5(9(16)14-6-2-3-6)13-10(17)7(11)4-8(12)15/h5-7H,2-4,11H2,1H3,(H2,12,15)(H,13,17)(H,14,16). The summed E-state index contributed by atoms with van der Waals surface area (Å²) in [5, 5.41) is 5.19. The van der Waals surface area contributed by atoms with Crippen LogP contribution >= 0.6 is 0 Å². The minimum Gasteiger partial charge on any atom is -0.370 e. The zero-order valence-electron chi connectivity index (χ0n) is 9.73. The molecule has 7 nitrogen and oxygen atoms in total. The van der Waals surface area contributed by atoms with E-state index in [1.54, 1.807) is 6.92 Å². The number of carbonyl (C=O) groups excluding carboxylic acids is 3. The molecule has 17 heavy (non-hydrogen) atoms. The monoisotopic (exact) mass is 242 g/mol. The molecule has 96 valence electrons. The van der Waals surface area contributed by atoms with E-state index in [4.69, 9.17) is 11.5 Å². The Labute approximate surface area is 99.3 Å². The fourth-order valence-electron chi connectivity index (χ4n) is 1.25. The highest BCUT2D eigenvalue weighted by molar-refractivity contribution is 5.91. The van der Waals surface area contributed by atoms with Crippen LogP contribution in [-0.4, -0.2) is 35.8 Å². The van der Waals surface area contributed by atoms with Crippen LogP contribution in [0.5, 0.6) is 0 Å². The van der Waals surface area contributed by atoms with Gasteiger partial charge in [-0.05, 0) is 19.8 Å². The second-order valence-electron chi connectivity index (χ2n) is 4.29. The summed E-state index contributed by atoms with van der Waals surface area (Å²) in [4.78, 5) is 33.6. The third-order valence-corrected chi connectivity index (χ3v) is 2.43. The number of primary amides is 1. The van der Waals surface area contributed by atoms with Crippen molar-refractivity contribution < 1.29 is 14.4 Å². The molecule has 1 rings (SSSR count). The Balaban J connectivity index is 2.32. The lowest BCUT2D eigenvalue weighted by Crippen LogP contribution is -2.51. The molecule has 0 bridgehead atoms. The number of carbonyl (C=O) groups is 3. The van der Waals surface area contributed by atoms with Gasteiger partial charge >= 0.3 is 0 Å². The summed E-state index contributed by atoms with van der Waals surface area (Å²) in [7, 11) is 0. The molecule has 0 aromatic rings. The maximum Gasteiger partial charge on any atom is 0.242 e. The van der Waals surface area contributed by atoms with Crippen molar-refractivity contribution in [1.82, 2.24) is 10.6 Å². The summed E-state index contributed by atoms with van der Waals surface area (Å²) < 4.78 is 0. The first-order valence-electron chi connectivity index (χ1n) is 5.54. The van der Waals surface area contributed by atoms with Crippen LogP contribution in [0.3, 0.4) is 0 Å². The molecule has 1 fully saturated rings. The van der Waals surface area contributed by atoms with Crippen molar-refractivity contribution >= 4 is 17.7 Å². The first-order chi connectivity index (χ1) is 7.90. The van der Waals surface area contributed by atoms with Gasteiger partial charge < -0.3 is 22.1 Å². The van der Waals surface area contributed by atoms with Crippen LogP contribution in [0.2, 0.25) is 0 Å². The topological polar surface area (TPSA) is 127 Å². The van der Waals surface area contributed by atoms with Crippen LogP contribution in [0.15, 0.2) is 0 Å². The fourth-order valence-corrected chi connectivity index (χ4v) is 1.25. The van der Waals surface area contributed by atoms with E-state index in [1.807, 2.05) is 0 Å². The van der Waals surface area contributed by atoms with Crippen molar-refractivity contribution in [2.24, 2.45) is 11.5 Å². The van der Waals surface area contributed by atoms with E-state index in [9.17, 15) is 14.4 Å². The van der Waals surface area contributed by atoms with Crippen LogP contribution in [0, 0.1) is 0 Å². The molecule has 0 heterocycles. The van der Waals surface area contributed by atoms with Gasteiger partial charge in [-0.15, -0.1) is 0 Å². The van der Waals surface area contributed by atoms with Gasteiger partial charge in [-0.2, -0.15) is 0 Å². The molecule has 0 aromatic carbocycles. The summed E-state index contributed by atoms with van der Waals surface area (Å²) in [6.07, 6.45) is 1.73. The van der Waals surface area contributed by atoms with Gasteiger partial charge in [-0.25, -0.2) is 0 Å². The molecule has 1 saturated carbocycles. The number of hydrogen-bond acceptors (Lipinski definition) is 4. The van der Waals surface area contributed by atoms with Gasteiger partial charge in [-0.1, -0.05) is 0 Å². The van der Waals surface area contributed by atoms with Crippen LogP contribution in [0.1, 0.15) is 26.2 Å². The lowest BCUT2D eigenvalue weighted by Gasteiger charge is -2.16. The molecule has 0 saturated heterocycles. The minimum absolute atomic E-state index is 0.233. The molecule has 0 radical (unpaired) electrons. The average Bonchev–Trinajstić information content (AvgIpc) is 3.00. The summed E-state index contributed by atoms with van der Waals surface area (Å²) in [6, 6.07) is -1.44. The number of rotatable bonds is 6. The van der Waals surface area contributed by atoms with Crippen LogP contribution < -0.4 is 22.1 Å². The van der Waals surface area contributed by atoms with Gasteiger partial charge in [-0.3, -0.25) is 14.4 Å². The van der Waals surface area contributed by atoms with Crippen LogP contribution in [0.4, 0.5) is 0 Å². The molecule has 1 aliphatic rings. The maximum atomic E-state index is 11.5. The number of hydrogen-bond donors (Lipinski definition) is 4. The SMILES string of the molecule is CC(NC(=O)C(N)CC(N)=O)C(=O)NC1CC1. The lowest BCUT2D eigenvalue weighted by molar-refractivity contribution is -0.130. The summed E-state index contributed by atoms with van der Waals surface area (Å²) in [5.41, 5.74) is 10.4. The van der Waals surface area contributed by atoms with Gasteiger partial charge in [0.1, 0.15) is 6.04 Å². The number of nitrogens with two attached hydrogens (primary N) is 2. The van der Waals surface area contributed by atoms with E-state index in [0.717, 1.165) is 12.8 Å². The van der Waals surface area contributed by atoms with Crippen molar-refractivity contribution in [2.45, 2.75) is 44.3 Å². The Morgan fingerprint density at radius 1 is 1.29 bits per heavy atom. The fraction of sp³-hybridized carbons (Fsp3) is 0.700. The molecule has 1 aliphatic carbocycles.